The average Bonchev–Trinajstić information content (AvgIpc) is 2.78. The predicted molar refractivity (Wildman–Crippen MR) is 83.5 cm³/mol. The molecule has 1 heterocycles. The number of amides is 1. The summed E-state index contributed by atoms with van der Waals surface area (Å²) in [4.78, 5) is 23.4. The van der Waals surface area contributed by atoms with Crippen molar-refractivity contribution in [3.63, 3.8) is 0 Å². The van der Waals surface area contributed by atoms with E-state index in [-0.39, 0.29) is 16.9 Å². The summed E-state index contributed by atoms with van der Waals surface area (Å²) in [5.41, 5.74) is 0.964. The second-order valence-electron chi connectivity index (χ2n) is 5.88. The van der Waals surface area contributed by atoms with Gasteiger partial charge in [0.2, 0.25) is 5.91 Å². The molecule has 1 aromatic heterocycles. The summed E-state index contributed by atoms with van der Waals surface area (Å²) in [6.07, 6.45) is 4.67. The van der Waals surface area contributed by atoms with Crippen molar-refractivity contribution >= 4 is 17.2 Å². The Morgan fingerprint density at radius 3 is 2.76 bits per heavy atom. The van der Waals surface area contributed by atoms with E-state index < -0.39 is 0 Å². The molecule has 21 heavy (non-hydrogen) atoms. The fourth-order valence-electron chi connectivity index (χ4n) is 2.77. The molecule has 6 heteroatoms. The summed E-state index contributed by atoms with van der Waals surface area (Å²) in [5, 5.41) is 14.3. The van der Waals surface area contributed by atoms with Gasteiger partial charge in [-0.15, -0.1) is 0 Å². The zero-order chi connectivity index (χ0) is 15.2. The van der Waals surface area contributed by atoms with Crippen molar-refractivity contribution in [2.45, 2.75) is 58.1 Å². The van der Waals surface area contributed by atoms with Crippen LogP contribution in [0, 0.1) is 12.8 Å². The molecule has 118 valence electrons. The molecule has 0 spiro atoms. The van der Waals surface area contributed by atoms with Crippen molar-refractivity contribution in [2.24, 2.45) is 5.92 Å². The van der Waals surface area contributed by atoms with Gasteiger partial charge < -0.3 is 15.0 Å². The Morgan fingerprint density at radius 1 is 1.43 bits per heavy atom. The minimum absolute atomic E-state index is 0.0497. The highest BCUT2D eigenvalue weighted by Gasteiger charge is 2.19. The van der Waals surface area contributed by atoms with E-state index in [9.17, 15) is 14.7 Å². The van der Waals surface area contributed by atoms with Crippen molar-refractivity contribution in [3.05, 3.63) is 20.7 Å². The Labute approximate surface area is 129 Å². The minimum atomic E-state index is -0.149. The van der Waals surface area contributed by atoms with E-state index in [4.69, 9.17) is 0 Å². The van der Waals surface area contributed by atoms with Crippen LogP contribution < -0.4 is 10.2 Å². The van der Waals surface area contributed by atoms with Crippen molar-refractivity contribution in [2.75, 3.05) is 6.54 Å². The number of carbonyl (C=O) groups excluding carboxylic acids is 1. The molecule has 1 fully saturated rings. The lowest BCUT2D eigenvalue weighted by Gasteiger charge is -2.25. The lowest BCUT2D eigenvalue weighted by molar-refractivity contribution is -0.121. The van der Waals surface area contributed by atoms with Gasteiger partial charge in [0.1, 0.15) is 0 Å². The van der Waals surface area contributed by atoms with Gasteiger partial charge in [-0.1, -0.05) is 11.3 Å². The number of hydrogen-bond acceptors (Lipinski definition) is 4. The van der Waals surface area contributed by atoms with Crippen LogP contribution in [0.5, 0.6) is 0 Å². The van der Waals surface area contributed by atoms with E-state index in [0.717, 1.165) is 31.4 Å². The maximum atomic E-state index is 11.8. The number of carbonyl (C=O) groups is 1. The van der Waals surface area contributed by atoms with E-state index in [0.29, 0.717) is 31.8 Å². The van der Waals surface area contributed by atoms with Gasteiger partial charge in [-0.2, -0.15) is 0 Å². The first kappa shape index (κ1) is 16.2. The molecule has 1 aromatic rings. The number of rotatable bonds is 6. The molecule has 0 aliphatic heterocycles. The summed E-state index contributed by atoms with van der Waals surface area (Å²) in [5.74, 6) is 0.557. The monoisotopic (exact) mass is 312 g/mol. The van der Waals surface area contributed by atoms with Crippen LogP contribution in [0.2, 0.25) is 0 Å². The summed E-state index contributed by atoms with van der Waals surface area (Å²) >= 11 is 1.21. The molecule has 1 aliphatic carbocycles. The zero-order valence-corrected chi connectivity index (χ0v) is 13.3. The van der Waals surface area contributed by atoms with Gasteiger partial charge in [-0.25, -0.2) is 0 Å². The first-order chi connectivity index (χ1) is 10.1. The minimum Gasteiger partial charge on any atom is -0.393 e. The summed E-state index contributed by atoms with van der Waals surface area (Å²) in [6.45, 7) is 3.23. The number of aromatic nitrogens is 1. The van der Waals surface area contributed by atoms with E-state index >= 15 is 0 Å². The SMILES string of the molecule is Cc1csc(=O)n1CCCC(=O)NCC1CCC(O)CC1. The van der Waals surface area contributed by atoms with Crippen LogP contribution in [0.1, 0.15) is 44.2 Å². The summed E-state index contributed by atoms with van der Waals surface area (Å²) < 4.78 is 1.72. The molecule has 2 rings (SSSR count). The maximum absolute atomic E-state index is 11.8. The highest BCUT2D eigenvalue weighted by molar-refractivity contribution is 7.07. The molecule has 1 saturated carbocycles. The van der Waals surface area contributed by atoms with Gasteiger partial charge in [0.05, 0.1) is 6.10 Å². The Hall–Kier alpha value is -1.14. The lowest BCUT2D eigenvalue weighted by atomic mass is 9.87. The smallest absolute Gasteiger partial charge is 0.307 e. The van der Waals surface area contributed by atoms with Gasteiger partial charge in [-0.3, -0.25) is 9.59 Å². The van der Waals surface area contributed by atoms with Crippen molar-refractivity contribution in [3.8, 4) is 0 Å². The van der Waals surface area contributed by atoms with E-state index in [2.05, 4.69) is 5.32 Å². The zero-order valence-electron chi connectivity index (χ0n) is 12.5. The lowest BCUT2D eigenvalue weighted by Crippen LogP contribution is -2.32. The van der Waals surface area contributed by atoms with Crippen LogP contribution in [-0.4, -0.2) is 28.2 Å². The topological polar surface area (TPSA) is 71.3 Å². The Kier molecular flexibility index (Phi) is 5.99. The molecule has 0 unspecified atom stereocenters. The molecular formula is C15H24N2O3S. The number of nitrogens with one attached hydrogen (secondary N) is 1. The van der Waals surface area contributed by atoms with Gasteiger partial charge in [0, 0.05) is 30.6 Å². The van der Waals surface area contributed by atoms with Gasteiger partial charge in [0.15, 0.2) is 0 Å². The Bertz CT molecular complexity index is 515. The number of hydrogen-bond donors (Lipinski definition) is 2. The Morgan fingerprint density at radius 2 is 2.14 bits per heavy atom. The van der Waals surface area contributed by atoms with E-state index in [1.807, 2.05) is 12.3 Å². The fraction of sp³-hybridized carbons (Fsp3) is 0.733. The normalized spacial score (nSPS) is 22.2. The van der Waals surface area contributed by atoms with Gasteiger partial charge in [-0.05, 0) is 44.9 Å². The molecule has 5 nitrogen and oxygen atoms in total. The van der Waals surface area contributed by atoms with Crippen LogP contribution in [0.4, 0.5) is 0 Å². The number of aliphatic hydroxyl groups excluding tert-OH is 1. The van der Waals surface area contributed by atoms with Crippen molar-refractivity contribution in [1.29, 1.82) is 0 Å². The van der Waals surface area contributed by atoms with Crippen LogP contribution in [0.25, 0.3) is 0 Å². The predicted octanol–water partition coefficient (Wildman–Crippen LogP) is 1.67. The third-order valence-corrected chi connectivity index (χ3v) is 5.05. The Balaban J connectivity index is 1.63. The third-order valence-electron chi connectivity index (χ3n) is 4.17. The quantitative estimate of drug-likeness (QED) is 0.839. The van der Waals surface area contributed by atoms with Crippen LogP contribution in [-0.2, 0) is 11.3 Å². The molecule has 0 bridgehead atoms. The number of nitrogens with zero attached hydrogens (tertiary/aromatic N) is 1. The van der Waals surface area contributed by atoms with Crippen LogP contribution in [0.3, 0.4) is 0 Å². The van der Waals surface area contributed by atoms with Gasteiger partial charge >= 0.3 is 4.87 Å². The van der Waals surface area contributed by atoms with Crippen molar-refractivity contribution < 1.29 is 9.90 Å². The third kappa shape index (κ3) is 4.97. The summed E-state index contributed by atoms with van der Waals surface area (Å²) in [7, 11) is 0. The number of aryl methyl sites for hydroxylation is 1. The average molecular weight is 312 g/mol. The fourth-order valence-corrected chi connectivity index (χ4v) is 3.53. The van der Waals surface area contributed by atoms with Crippen LogP contribution in [0.15, 0.2) is 10.2 Å². The second kappa shape index (κ2) is 7.75. The molecule has 0 atom stereocenters. The first-order valence-corrected chi connectivity index (χ1v) is 8.54. The second-order valence-corrected chi connectivity index (χ2v) is 6.70. The maximum Gasteiger partial charge on any atom is 0.307 e. The van der Waals surface area contributed by atoms with E-state index in [1.54, 1.807) is 4.57 Å². The highest BCUT2D eigenvalue weighted by Crippen LogP contribution is 2.23. The molecular weight excluding hydrogens is 288 g/mol. The molecule has 0 radical (unpaired) electrons. The molecule has 1 aliphatic rings. The largest absolute Gasteiger partial charge is 0.393 e. The standard InChI is InChI=1S/C15H24N2O3S/c1-11-10-21-15(20)17(11)8-2-3-14(19)16-9-12-4-6-13(18)7-5-12/h10,12-13,18H,2-9H2,1H3,(H,16,19). The molecule has 0 aromatic carbocycles. The van der Waals surface area contributed by atoms with Crippen LogP contribution >= 0.6 is 11.3 Å². The van der Waals surface area contributed by atoms with E-state index in [1.165, 1.54) is 11.3 Å². The number of thiazole rings is 1. The van der Waals surface area contributed by atoms with Crippen molar-refractivity contribution in [1.82, 2.24) is 9.88 Å². The number of aliphatic hydroxyl groups is 1. The van der Waals surface area contributed by atoms with Gasteiger partial charge in [0.25, 0.3) is 0 Å². The molecule has 1 amide bonds. The first-order valence-electron chi connectivity index (χ1n) is 7.66. The molecule has 0 saturated heterocycles. The molecule has 2 N–H and O–H groups in total. The highest BCUT2D eigenvalue weighted by atomic mass is 32.1. The summed E-state index contributed by atoms with van der Waals surface area (Å²) in [6, 6.07) is 0.